The Morgan fingerprint density at radius 2 is 2.13 bits per heavy atom. The molecule has 1 aliphatic heterocycles. The molecule has 1 saturated heterocycles. The first-order valence-electron chi connectivity index (χ1n) is 7.41. The fraction of sp³-hybridized carbons (Fsp3) is 0.400. The SMILES string of the molecule is O=C(CCc1nc2ccccc2c(=O)[nH]1)NC1CCS(=O)(=O)C1. The van der Waals surface area contributed by atoms with Crippen molar-refractivity contribution >= 4 is 26.6 Å². The molecule has 23 heavy (non-hydrogen) atoms. The van der Waals surface area contributed by atoms with Crippen molar-refractivity contribution in [3.63, 3.8) is 0 Å². The Kier molecular flexibility index (Phi) is 4.16. The van der Waals surface area contributed by atoms with Gasteiger partial charge in [-0.3, -0.25) is 9.59 Å². The number of H-pyrrole nitrogens is 1. The van der Waals surface area contributed by atoms with Crippen molar-refractivity contribution in [2.24, 2.45) is 0 Å². The van der Waals surface area contributed by atoms with Gasteiger partial charge in [-0.1, -0.05) is 12.1 Å². The smallest absolute Gasteiger partial charge is 0.258 e. The number of para-hydroxylation sites is 1. The second kappa shape index (κ2) is 6.11. The van der Waals surface area contributed by atoms with E-state index in [1.54, 1.807) is 24.3 Å². The highest BCUT2D eigenvalue weighted by molar-refractivity contribution is 7.91. The fourth-order valence-corrected chi connectivity index (χ4v) is 4.37. The largest absolute Gasteiger partial charge is 0.352 e. The third-order valence-electron chi connectivity index (χ3n) is 3.85. The number of aryl methyl sites for hydroxylation is 1. The molecule has 7 nitrogen and oxygen atoms in total. The molecule has 3 rings (SSSR count). The van der Waals surface area contributed by atoms with Crippen LogP contribution in [0.1, 0.15) is 18.7 Å². The molecule has 1 aromatic carbocycles. The van der Waals surface area contributed by atoms with Gasteiger partial charge in [-0.05, 0) is 18.6 Å². The summed E-state index contributed by atoms with van der Waals surface area (Å²) in [6.45, 7) is 0. The third-order valence-corrected chi connectivity index (χ3v) is 5.62. The highest BCUT2D eigenvalue weighted by Gasteiger charge is 2.28. The number of hydrogen-bond donors (Lipinski definition) is 2. The number of nitrogens with one attached hydrogen (secondary N) is 2. The number of fused-ring (bicyclic) bond motifs is 1. The highest BCUT2D eigenvalue weighted by atomic mass is 32.2. The normalized spacial score (nSPS) is 19.7. The number of nitrogens with zero attached hydrogens (tertiary/aromatic N) is 1. The number of carbonyl (C=O) groups excluding carboxylic acids is 1. The summed E-state index contributed by atoms with van der Waals surface area (Å²) in [6, 6.07) is 6.69. The van der Waals surface area contributed by atoms with Gasteiger partial charge in [0.2, 0.25) is 5.91 Å². The Hall–Kier alpha value is -2.22. The van der Waals surface area contributed by atoms with Crippen molar-refractivity contribution in [3.8, 4) is 0 Å². The summed E-state index contributed by atoms with van der Waals surface area (Å²) in [5.41, 5.74) is 0.362. The van der Waals surface area contributed by atoms with Crippen LogP contribution in [0.2, 0.25) is 0 Å². The molecule has 0 saturated carbocycles. The van der Waals surface area contributed by atoms with Gasteiger partial charge in [-0.25, -0.2) is 13.4 Å². The van der Waals surface area contributed by atoms with E-state index in [2.05, 4.69) is 15.3 Å². The molecule has 2 heterocycles. The molecule has 2 N–H and O–H groups in total. The molecule has 1 aliphatic rings. The van der Waals surface area contributed by atoms with E-state index in [1.807, 2.05) is 0 Å². The van der Waals surface area contributed by atoms with Gasteiger partial charge in [0.15, 0.2) is 9.84 Å². The molecular formula is C15H17N3O4S. The molecule has 1 aromatic heterocycles. The lowest BCUT2D eigenvalue weighted by atomic mass is 10.2. The Morgan fingerprint density at radius 1 is 1.35 bits per heavy atom. The van der Waals surface area contributed by atoms with Crippen LogP contribution in [-0.4, -0.2) is 41.8 Å². The Labute approximate surface area is 133 Å². The summed E-state index contributed by atoms with van der Waals surface area (Å²) in [5.74, 6) is 0.340. The van der Waals surface area contributed by atoms with E-state index in [0.717, 1.165) is 0 Å². The van der Waals surface area contributed by atoms with Crippen LogP contribution in [0.25, 0.3) is 10.9 Å². The summed E-state index contributed by atoms with van der Waals surface area (Å²) in [5, 5.41) is 3.23. The number of amides is 1. The van der Waals surface area contributed by atoms with Crippen LogP contribution in [0, 0.1) is 0 Å². The summed E-state index contributed by atoms with van der Waals surface area (Å²) in [6.07, 6.45) is 0.905. The van der Waals surface area contributed by atoms with E-state index in [4.69, 9.17) is 0 Å². The van der Waals surface area contributed by atoms with Crippen LogP contribution in [0.3, 0.4) is 0 Å². The van der Waals surface area contributed by atoms with E-state index < -0.39 is 9.84 Å². The minimum absolute atomic E-state index is 0.00377. The minimum Gasteiger partial charge on any atom is -0.352 e. The number of aromatic amines is 1. The molecule has 0 radical (unpaired) electrons. The van der Waals surface area contributed by atoms with Gasteiger partial charge >= 0.3 is 0 Å². The van der Waals surface area contributed by atoms with Crippen molar-refractivity contribution in [2.45, 2.75) is 25.3 Å². The molecule has 1 amide bonds. The van der Waals surface area contributed by atoms with Crippen molar-refractivity contribution < 1.29 is 13.2 Å². The molecular weight excluding hydrogens is 318 g/mol. The van der Waals surface area contributed by atoms with Gasteiger partial charge in [0.05, 0.1) is 22.4 Å². The van der Waals surface area contributed by atoms with Gasteiger partial charge in [-0.2, -0.15) is 0 Å². The average molecular weight is 335 g/mol. The van der Waals surface area contributed by atoms with Crippen molar-refractivity contribution in [1.29, 1.82) is 0 Å². The first-order valence-corrected chi connectivity index (χ1v) is 9.23. The van der Waals surface area contributed by atoms with Gasteiger partial charge in [0, 0.05) is 18.9 Å². The van der Waals surface area contributed by atoms with Crippen LogP contribution < -0.4 is 10.9 Å². The zero-order valence-electron chi connectivity index (χ0n) is 12.4. The van der Waals surface area contributed by atoms with Gasteiger partial charge in [-0.15, -0.1) is 0 Å². The van der Waals surface area contributed by atoms with Crippen molar-refractivity contribution in [3.05, 3.63) is 40.4 Å². The Morgan fingerprint density at radius 3 is 2.87 bits per heavy atom. The molecule has 8 heteroatoms. The lowest BCUT2D eigenvalue weighted by molar-refractivity contribution is -0.121. The second-order valence-corrected chi connectivity index (χ2v) is 7.93. The van der Waals surface area contributed by atoms with Crippen LogP contribution in [-0.2, 0) is 21.1 Å². The topological polar surface area (TPSA) is 109 Å². The van der Waals surface area contributed by atoms with E-state index >= 15 is 0 Å². The summed E-state index contributed by atoms with van der Waals surface area (Å²) in [7, 11) is -3.01. The standard InChI is InChI=1S/C15H17N3O4S/c19-14(16-10-7-8-23(21,22)9-10)6-5-13-17-12-4-2-1-3-11(12)15(20)18-13/h1-4,10H,5-9H2,(H,16,19)(H,17,18,20). The molecule has 0 bridgehead atoms. The van der Waals surface area contributed by atoms with E-state index in [-0.39, 0.29) is 35.4 Å². The average Bonchev–Trinajstić information content (AvgIpc) is 2.84. The maximum absolute atomic E-state index is 11.9. The van der Waals surface area contributed by atoms with Crippen molar-refractivity contribution in [2.75, 3.05) is 11.5 Å². The summed E-state index contributed by atoms with van der Waals surface area (Å²) < 4.78 is 22.7. The third kappa shape index (κ3) is 3.76. The van der Waals surface area contributed by atoms with E-state index in [1.165, 1.54) is 0 Å². The lowest BCUT2D eigenvalue weighted by Gasteiger charge is -2.10. The van der Waals surface area contributed by atoms with Crippen molar-refractivity contribution in [1.82, 2.24) is 15.3 Å². The highest BCUT2D eigenvalue weighted by Crippen LogP contribution is 2.11. The predicted molar refractivity (Wildman–Crippen MR) is 85.9 cm³/mol. The number of hydrogen-bond acceptors (Lipinski definition) is 5. The Bertz CT molecular complexity index is 904. The zero-order valence-corrected chi connectivity index (χ0v) is 13.2. The molecule has 1 atom stereocenters. The number of carbonyl (C=O) groups is 1. The second-order valence-electron chi connectivity index (χ2n) is 5.70. The molecule has 122 valence electrons. The maximum atomic E-state index is 11.9. The Balaban J connectivity index is 1.62. The first kappa shape index (κ1) is 15.7. The van der Waals surface area contributed by atoms with Gasteiger partial charge in [0.25, 0.3) is 5.56 Å². The number of rotatable bonds is 4. The number of sulfone groups is 1. The maximum Gasteiger partial charge on any atom is 0.258 e. The zero-order chi connectivity index (χ0) is 16.4. The quantitative estimate of drug-likeness (QED) is 0.827. The first-order chi connectivity index (χ1) is 10.9. The molecule has 1 fully saturated rings. The molecule has 0 aliphatic carbocycles. The van der Waals surface area contributed by atoms with Gasteiger partial charge < -0.3 is 10.3 Å². The number of benzene rings is 1. The van der Waals surface area contributed by atoms with Crippen LogP contribution in [0.5, 0.6) is 0 Å². The van der Waals surface area contributed by atoms with Crippen LogP contribution in [0.4, 0.5) is 0 Å². The lowest BCUT2D eigenvalue weighted by Crippen LogP contribution is -2.35. The summed E-state index contributed by atoms with van der Waals surface area (Å²) >= 11 is 0. The summed E-state index contributed by atoms with van der Waals surface area (Å²) in [4.78, 5) is 30.8. The predicted octanol–water partition coefficient (Wildman–Crippen LogP) is 0.159. The monoisotopic (exact) mass is 335 g/mol. The fourth-order valence-electron chi connectivity index (χ4n) is 2.69. The molecule has 0 spiro atoms. The van der Waals surface area contributed by atoms with Crippen LogP contribution in [0.15, 0.2) is 29.1 Å². The van der Waals surface area contributed by atoms with E-state index in [0.29, 0.717) is 29.6 Å². The molecule has 1 unspecified atom stereocenters. The molecule has 2 aromatic rings. The van der Waals surface area contributed by atoms with Crippen LogP contribution >= 0.6 is 0 Å². The minimum atomic E-state index is -3.01. The van der Waals surface area contributed by atoms with E-state index in [9.17, 15) is 18.0 Å². The van der Waals surface area contributed by atoms with Gasteiger partial charge in [0.1, 0.15) is 5.82 Å². The number of aromatic nitrogens is 2.